The van der Waals surface area contributed by atoms with Crippen LogP contribution in [-0.2, 0) is 0 Å². The third-order valence-corrected chi connectivity index (χ3v) is 1.99. The Morgan fingerprint density at radius 1 is 1.38 bits per heavy atom. The lowest BCUT2D eigenvalue weighted by molar-refractivity contribution is 0.0951. The van der Waals surface area contributed by atoms with E-state index in [2.05, 4.69) is 5.32 Å². The Labute approximate surface area is 93.8 Å². The number of hydrogen-bond acceptors (Lipinski definition) is 3. The lowest BCUT2D eigenvalue weighted by atomic mass is 10.1. The van der Waals surface area contributed by atoms with E-state index in [9.17, 15) is 9.59 Å². The molecule has 1 aromatic carbocycles. The minimum atomic E-state index is -0.554. The van der Waals surface area contributed by atoms with Gasteiger partial charge in [-0.1, -0.05) is 6.07 Å². The number of nitrogens with one attached hydrogen (secondary N) is 1. The molecule has 0 aliphatic rings. The van der Waals surface area contributed by atoms with Crippen molar-refractivity contribution < 1.29 is 9.59 Å². The van der Waals surface area contributed by atoms with Crippen molar-refractivity contribution in [3.63, 3.8) is 0 Å². The van der Waals surface area contributed by atoms with E-state index in [-0.39, 0.29) is 11.9 Å². The first-order valence-electron chi connectivity index (χ1n) is 4.94. The molecule has 5 N–H and O–H groups in total. The second-order valence-corrected chi connectivity index (χ2v) is 3.63. The predicted octanol–water partition coefficient (Wildman–Crippen LogP) is -0.137. The quantitative estimate of drug-likeness (QED) is 0.660. The zero-order valence-corrected chi connectivity index (χ0v) is 9.07. The van der Waals surface area contributed by atoms with E-state index < -0.39 is 5.91 Å². The van der Waals surface area contributed by atoms with Crippen molar-refractivity contribution in [2.45, 2.75) is 13.0 Å². The molecule has 2 amide bonds. The molecule has 1 rings (SSSR count). The van der Waals surface area contributed by atoms with Crippen molar-refractivity contribution in [3.8, 4) is 0 Å². The largest absolute Gasteiger partial charge is 0.366 e. The van der Waals surface area contributed by atoms with Crippen LogP contribution >= 0.6 is 0 Å². The van der Waals surface area contributed by atoms with Crippen LogP contribution in [-0.4, -0.2) is 24.4 Å². The smallest absolute Gasteiger partial charge is 0.251 e. The van der Waals surface area contributed by atoms with Gasteiger partial charge in [-0.3, -0.25) is 9.59 Å². The first kappa shape index (κ1) is 12.2. The summed E-state index contributed by atoms with van der Waals surface area (Å²) in [5, 5.41) is 2.65. The van der Waals surface area contributed by atoms with Crippen molar-refractivity contribution in [1.29, 1.82) is 0 Å². The molecule has 0 aliphatic carbocycles. The Bertz CT molecular complexity index is 402. The minimum Gasteiger partial charge on any atom is -0.366 e. The van der Waals surface area contributed by atoms with Crippen LogP contribution < -0.4 is 16.8 Å². The highest BCUT2D eigenvalue weighted by molar-refractivity contribution is 5.99. The van der Waals surface area contributed by atoms with Crippen LogP contribution in [0.15, 0.2) is 24.3 Å². The van der Waals surface area contributed by atoms with E-state index >= 15 is 0 Å². The molecule has 0 saturated heterocycles. The van der Waals surface area contributed by atoms with Crippen molar-refractivity contribution in [1.82, 2.24) is 5.32 Å². The summed E-state index contributed by atoms with van der Waals surface area (Å²) in [5.74, 6) is -0.817. The van der Waals surface area contributed by atoms with Gasteiger partial charge in [0, 0.05) is 23.7 Å². The van der Waals surface area contributed by atoms with E-state index in [1.807, 2.05) is 0 Å². The topological polar surface area (TPSA) is 98.2 Å². The van der Waals surface area contributed by atoms with Crippen LogP contribution in [0.25, 0.3) is 0 Å². The predicted molar refractivity (Wildman–Crippen MR) is 60.9 cm³/mol. The first-order valence-corrected chi connectivity index (χ1v) is 4.94. The number of rotatable bonds is 4. The summed E-state index contributed by atoms with van der Waals surface area (Å²) in [7, 11) is 0. The van der Waals surface area contributed by atoms with E-state index in [1.54, 1.807) is 25.1 Å². The molecule has 0 radical (unpaired) electrons. The van der Waals surface area contributed by atoms with Crippen molar-refractivity contribution in [3.05, 3.63) is 35.4 Å². The summed E-state index contributed by atoms with van der Waals surface area (Å²) in [6.07, 6.45) is 0. The SMILES string of the molecule is CC(N)CNC(=O)c1cccc(C(N)=O)c1. The Balaban J connectivity index is 2.76. The first-order chi connectivity index (χ1) is 7.50. The van der Waals surface area contributed by atoms with Gasteiger partial charge in [-0.05, 0) is 25.1 Å². The number of carbonyl (C=O) groups excluding carboxylic acids is 2. The molecule has 0 saturated carbocycles. The van der Waals surface area contributed by atoms with Crippen LogP contribution in [0, 0.1) is 0 Å². The molecule has 0 bridgehead atoms. The summed E-state index contributed by atoms with van der Waals surface area (Å²) in [4.78, 5) is 22.5. The van der Waals surface area contributed by atoms with Crippen LogP contribution in [0.3, 0.4) is 0 Å². The summed E-state index contributed by atoms with van der Waals surface area (Å²) < 4.78 is 0. The summed E-state index contributed by atoms with van der Waals surface area (Å²) in [6.45, 7) is 2.18. The number of benzene rings is 1. The molecule has 5 nitrogen and oxygen atoms in total. The maximum absolute atomic E-state index is 11.6. The highest BCUT2D eigenvalue weighted by Crippen LogP contribution is 2.04. The third kappa shape index (κ3) is 3.36. The standard InChI is InChI=1S/C11H15N3O2/c1-7(12)6-14-11(16)9-4-2-3-8(5-9)10(13)15/h2-5,7H,6,12H2,1H3,(H2,13,15)(H,14,16). The monoisotopic (exact) mass is 221 g/mol. The molecule has 0 aliphatic heterocycles. The lowest BCUT2D eigenvalue weighted by Gasteiger charge is -2.08. The maximum atomic E-state index is 11.6. The van der Waals surface area contributed by atoms with Gasteiger partial charge in [-0.2, -0.15) is 0 Å². The van der Waals surface area contributed by atoms with Gasteiger partial charge in [0.2, 0.25) is 5.91 Å². The summed E-state index contributed by atoms with van der Waals surface area (Å²) >= 11 is 0. The van der Waals surface area contributed by atoms with Gasteiger partial charge in [0.15, 0.2) is 0 Å². The van der Waals surface area contributed by atoms with E-state index in [0.29, 0.717) is 17.7 Å². The lowest BCUT2D eigenvalue weighted by Crippen LogP contribution is -2.35. The molecule has 86 valence electrons. The molecule has 0 aromatic heterocycles. The number of primary amides is 1. The van der Waals surface area contributed by atoms with E-state index in [1.165, 1.54) is 6.07 Å². The van der Waals surface area contributed by atoms with Crippen molar-refractivity contribution >= 4 is 11.8 Å². The number of amides is 2. The molecular weight excluding hydrogens is 206 g/mol. The maximum Gasteiger partial charge on any atom is 0.251 e. The Hall–Kier alpha value is -1.88. The van der Waals surface area contributed by atoms with E-state index in [0.717, 1.165) is 0 Å². The average Bonchev–Trinajstić information content (AvgIpc) is 2.26. The number of carbonyl (C=O) groups is 2. The van der Waals surface area contributed by atoms with Gasteiger partial charge in [0.1, 0.15) is 0 Å². The summed E-state index contributed by atoms with van der Waals surface area (Å²) in [6, 6.07) is 6.14. The molecule has 1 unspecified atom stereocenters. The Morgan fingerprint density at radius 3 is 2.56 bits per heavy atom. The van der Waals surface area contributed by atoms with Gasteiger partial charge in [0.05, 0.1) is 0 Å². The minimum absolute atomic E-state index is 0.108. The number of hydrogen-bond donors (Lipinski definition) is 3. The second-order valence-electron chi connectivity index (χ2n) is 3.63. The van der Waals surface area contributed by atoms with Gasteiger partial charge in [-0.25, -0.2) is 0 Å². The molecule has 0 spiro atoms. The van der Waals surface area contributed by atoms with Crippen molar-refractivity contribution in [2.75, 3.05) is 6.54 Å². The molecule has 1 atom stereocenters. The second kappa shape index (κ2) is 5.27. The van der Waals surface area contributed by atoms with Crippen LogP contribution in [0.2, 0.25) is 0 Å². The van der Waals surface area contributed by atoms with Crippen LogP contribution in [0.4, 0.5) is 0 Å². The van der Waals surface area contributed by atoms with Gasteiger partial charge in [0.25, 0.3) is 5.91 Å². The van der Waals surface area contributed by atoms with Gasteiger partial charge < -0.3 is 16.8 Å². The highest BCUT2D eigenvalue weighted by Gasteiger charge is 2.08. The molecule has 0 fully saturated rings. The zero-order valence-electron chi connectivity index (χ0n) is 9.07. The fraction of sp³-hybridized carbons (Fsp3) is 0.273. The van der Waals surface area contributed by atoms with Crippen molar-refractivity contribution in [2.24, 2.45) is 11.5 Å². The van der Waals surface area contributed by atoms with Crippen LogP contribution in [0.1, 0.15) is 27.6 Å². The van der Waals surface area contributed by atoms with E-state index in [4.69, 9.17) is 11.5 Å². The summed E-state index contributed by atoms with van der Waals surface area (Å²) in [5.41, 5.74) is 11.3. The van der Waals surface area contributed by atoms with Gasteiger partial charge in [-0.15, -0.1) is 0 Å². The molecule has 16 heavy (non-hydrogen) atoms. The molecule has 1 aromatic rings. The normalized spacial score (nSPS) is 11.9. The highest BCUT2D eigenvalue weighted by atomic mass is 16.2. The third-order valence-electron chi connectivity index (χ3n) is 1.99. The van der Waals surface area contributed by atoms with Gasteiger partial charge >= 0.3 is 0 Å². The molecule has 0 heterocycles. The molecular formula is C11H15N3O2. The number of nitrogens with two attached hydrogens (primary N) is 2. The fourth-order valence-electron chi connectivity index (χ4n) is 1.17. The fourth-order valence-corrected chi connectivity index (χ4v) is 1.17. The average molecular weight is 221 g/mol. The van der Waals surface area contributed by atoms with Crippen LogP contribution in [0.5, 0.6) is 0 Å². The molecule has 5 heteroatoms. The Morgan fingerprint density at radius 2 is 2.00 bits per heavy atom. The Kier molecular flexibility index (Phi) is 4.02. The zero-order chi connectivity index (χ0) is 12.1.